The zero-order chi connectivity index (χ0) is 15.9. The van der Waals surface area contributed by atoms with Gasteiger partial charge in [0.15, 0.2) is 0 Å². The standard InChI is InChI=1S/C15H11FN4O2/c1-7-19-14(21)12-11(8-4-2-3-5-10(8)16)9(6-17)13(18)22-15(12)20-7/h2-5,11H,18H2,1H3,(H,19,20,21)/t11-/m0/s1. The van der Waals surface area contributed by atoms with Crippen molar-refractivity contribution in [3.8, 4) is 11.9 Å². The molecule has 110 valence electrons. The lowest BCUT2D eigenvalue weighted by Crippen LogP contribution is -2.29. The third-order valence-electron chi connectivity index (χ3n) is 3.42. The molecule has 0 spiro atoms. The number of aryl methyl sites for hydroxylation is 1. The summed E-state index contributed by atoms with van der Waals surface area (Å²) in [6.45, 7) is 1.59. The molecule has 0 saturated carbocycles. The van der Waals surface area contributed by atoms with E-state index < -0.39 is 17.3 Å². The lowest BCUT2D eigenvalue weighted by Gasteiger charge is -2.24. The normalized spacial score (nSPS) is 16.7. The van der Waals surface area contributed by atoms with Gasteiger partial charge < -0.3 is 15.5 Å². The van der Waals surface area contributed by atoms with Crippen LogP contribution in [0.3, 0.4) is 0 Å². The summed E-state index contributed by atoms with van der Waals surface area (Å²) in [5, 5.41) is 9.33. The highest BCUT2D eigenvalue weighted by molar-refractivity contribution is 5.52. The maximum atomic E-state index is 14.2. The van der Waals surface area contributed by atoms with Gasteiger partial charge in [0.05, 0.1) is 11.5 Å². The van der Waals surface area contributed by atoms with Crippen LogP contribution in [0.1, 0.15) is 22.9 Å². The first kappa shape index (κ1) is 13.8. The number of aromatic nitrogens is 2. The summed E-state index contributed by atoms with van der Waals surface area (Å²) in [4.78, 5) is 18.9. The molecule has 1 aliphatic rings. The number of hydrogen-bond donors (Lipinski definition) is 2. The summed E-state index contributed by atoms with van der Waals surface area (Å²) in [7, 11) is 0. The quantitative estimate of drug-likeness (QED) is 0.828. The molecule has 0 aliphatic carbocycles. The van der Waals surface area contributed by atoms with Crippen molar-refractivity contribution in [2.45, 2.75) is 12.8 Å². The van der Waals surface area contributed by atoms with E-state index in [4.69, 9.17) is 10.5 Å². The van der Waals surface area contributed by atoms with Crippen molar-refractivity contribution in [1.29, 1.82) is 5.26 Å². The van der Waals surface area contributed by atoms with E-state index >= 15 is 0 Å². The Kier molecular flexibility index (Phi) is 3.14. The highest BCUT2D eigenvalue weighted by atomic mass is 19.1. The second-order valence-electron chi connectivity index (χ2n) is 4.82. The number of hydrogen-bond acceptors (Lipinski definition) is 5. The van der Waals surface area contributed by atoms with Gasteiger partial charge in [-0.05, 0) is 13.0 Å². The molecule has 0 saturated heterocycles. The van der Waals surface area contributed by atoms with E-state index in [9.17, 15) is 14.4 Å². The smallest absolute Gasteiger partial charge is 0.258 e. The summed E-state index contributed by atoms with van der Waals surface area (Å²) in [6, 6.07) is 7.79. The molecule has 0 radical (unpaired) electrons. The summed E-state index contributed by atoms with van der Waals surface area (Å²) in [5.74, 6) is -1.34. The van der Waals surface area contributed by atoms with Crippen LogP contribution in [0.15, 0.2) is 40.5 Å². The Morgan fingerprint density at radius 3 is 2.86 bits per heavy atom. The number of nitrogens with zero attached hydrogens (tertiary/aromatic N) is 2. The number of aromatic amines is 1. The average Bonchev–Trinajstić information content (AvgIpc) is 2.46. The van der Waals surface area contributed by atoms with Crippen molar-refractivity contribution in [3.05, 3.63) is 68.8 Å². The number of allylic oxidation sites excluding steroid dienone is 1. The third-order valence-corrected chi connectivity index (χ3v) is 3.42. The number of ether oxygens (including phenoxy) is 1. The van der Waals surface area contributed by atoms with Crippen LogP contribution in [0.2, 0.25) is 0 Å². The van der Waals surface area contributed by atoms with Crippen LogP contribution in [0.5, 0.6) is 5.88 Å². The van der Waals surface area contributed by atoms with Gasteiger partial charge in [-0.3, -0.25) is 4.79 Å². The Labute approximate surface area is 124 Å². The highest BCUT2D eigenvalue weighted by Crippen LogP contribution is 2.39. The third kappa shape index (κ3) is 2.02. The molecular weight excluding hydrogens is 287 g/mol. The number of rotatable bonds is 1. The number of nitrogens with two attached hydrogens (primary N) is 1. The van der Waals surface area contributed by atoms with Gasteiger partial charge in [0, 0.05) is 5.56 Å². The van der Waals surface area contributed by atoms with E-state index in [-0.39, 0.29) is 28.5 Å². The van der Waals surface area contributed by atoms with E-state index in [2.05, 4.69) is 9.97 Å². The summed E-state index contributed by atoms with van der Waals surface area (Å²) >= 11 is 0. The first-order valence-electron chi connectivity index (χ1n) is 6.45. The number of H-pyrrole nitrogens is 1. The number of benzene rings is 1. The van der Waals surface area contributed by atoms with Gasteiger partial charge in [0.1, 0.15) is 23.3 Å². The molecule has 3 N–H and O–H groups in total. The maximum absolute atomic E-state index is 14.2. The van der Waals surface area contributed by atoms with Gasteiger partial charge in [0.2, 0.25) is 11.8 Å². The van der Waals surface area contributed by atoms with Crippen molar-refractivity contribution in [2.75, 3.05) is 0 Å². The number of halogens is 1. The first-order valence-corrected chi connectivity index (χ1v) is 6.45. The van der Waals surface area contributed by atoms with Gasteiger partial charge in [-0.25, -0.2) is 4.39 Å². The zero-order valence-electron chi connectivity index (χ0n) is 11.6. The Bertz CT molecular complexity index is 895. The van der Waals surface area contributed by atoms with Crippen LogP contribution in [-0.2, 0) is 0 Å². The molecule has 1 atom stereocenters. The minimum absolute atomic E-state index is 0.00833. The molecule has 7 heteroatoms. The predicted octanol–water partition coefficient (Wildman–Crippen LogP) is 1.44. The van der Waals surface area contributed by atoms with Crippen molar-refractivity contribution < 1.29 is 9.13 Å². The summed E-state index contributed by atoms with van der Waals surface area (Å²) in [6.07, 6.45) is 0. The summed E-state index contributed by atoms with van der Waals surface area (Å²) < 4.78 is 19.4. The van der Waals surface area contributed by atoms with Crippen molar-refractivity contribution in [3.63, 3.8) is 0 Å². The van der Waals surface area contributed by atoms with Crippen LogP contribution in [-0.4, -0.2) is 9.97 Å². The van der Waals surface area contributed by atoms with Crippen LogP contribution < -0.4 is 16.0 Å². The Morgan fingerprint density at radius 2 is 2.18 bits per heavy atom. The van der Waals surface area contributed by atoms with Gasteiger partial charge in [0.25, 0.3) is 5.56 Å². The Hall–Kier alpha value is -3.14. The number of nitriles is 1. The topological polar surface area (TPSA) is 105 Å². The maximum Gasteiger partial charge on any atom is 0.258 e. The second kappa shape index (κ2) is 5.00. The molecule has 0 amide bonds. The second-order valence-corrected chi connectivity index (χ2v) is 4.82. The van der Waals surface area contributed by atoms with E-state index in [1.807, 2.05) is 6.07 Å². The number of fused-ring (bicyclic) bond motifs is 1. The molecule has 0 bridgehead atoms. The van der Waals surface area contributed by atoms with Crippen LogP contribution in [0, 0.1) is 24.1 Å². The van der Waals surface area contributed by atoms with E-state index in [1.165, 1.54) is 18.2 Å². The molecule has 22 heavy (non-hydrogen) atoms. The van der Waals surface area contributed by atoms with E-state index in [1.54, 1.807) is 13.0 Å². The van der Waals surface area contributed by atoms with E-state index in [0.717, 1.165) is 0 Å². The van der Waals surface area contributed by atoms with Crippen molar-refractivity contribution in [2.24, 2.45) is 5.73 Å². The van der Waals surface area contributed by atoms with Gasteiger partial charge in [-0.1, -0.05) is 18.2 Å². The number of nitrogens with one attached hydrogen (secondary N) is 1. The molecule has 0 fully saturated rings. The molecule has 1 aromatic carbocycles. The van der Waals surface area contributed by atoms with E-state index in [0.29, 0.717) is 5.82 Å². The van der Waals surface area contributed by atoms with Crippen molar-refractivity contribution in [1.82, 2.24) is 9.97 Å². The Morgan fingerprint density at radius 1 is 1.45 bits per heavy atom. The summed E-state index contributed by atoms with van der Waals surface area (Å²) in [5.41, 5.74) is 5.47. The Balaban J connectivity index is 2.35. The fourth-order valence-electron chi connectivity index (χ4n) is 2.49. The highest BCUT2D eigenvalue weighted by Gasteiger charge is 2.35. The predicted molar refractivity (Wildman–Crippen MR) is 75.3 cm³/mol. The molecule has 6 nitrogen and oxygen atoms in total. The zero-order valence-corrected chi connectivity index (χ0v) is 11.6. The van der Waals surface area contributed by atoms with Crippen molar-refractivity contribution >= 4 is 0 Å². The SMILES string of the molecule is Cc1nc2c(c(=O)[nH]1)[C@@H](c1ccccc1F)C(C#N)=C(N)O2. The first-order chi connectivity index (χ1) is 10.5. The van der Waals surface area contributed by atoms with Gasteiger partial charge in [-0.2, -0.15) is 10.2 Å². The minimum Gasteiger partial charge on any atom is -0.422 e. The molecule has 3 rings (SSSR count). The fourth-order valence-corrected chi connectivity index (χ4v) is 2.49. The lowest BCUT2D eigenvalue weighted by molar-refractivity contribution is 0.372. The minimum atomic E-state index is -0.952. The van der Waals surface area contributed by atoms with Crippen LogP contribution in [0.25, 0.3) is 0 Å². The van der Waals surface area contributed by atoms with Crippen LogP contribution >= 0.6 is 0 Å². The molecule has 1 aromatic heterocycles. The molecule has 0 unspecified atom stereocenters. The molecule has 2 heterocycles. The lowest BCUT2D eigenvalue weighted by atomic mass is 9.85. The monoisotopic (exact) mass is 298 g/mol. The van der Waals surface area contributed by atoms with Gasteiger partial charge in [-0.15, -0.1) is 0 Å². The molecular formula is C15H11FN4O2. The fraction of sp³-hybridized carbons (Fsp3) is 0.133. The average molecular weight is 298 g/mol. The van der Waals surface area contributed by atoms with Gasteiger partial charge >= 0.3 is 0 Å². The molecule has 2 aromatic rings. The largest absolute Gasteiger partial charge is 0.422 e. The van der Waals surface area contributed by atoms with Crippen LogP contribution in [0.4, 0.5) is 4.39 Å². The molecule has 1 aliphatic heterocycles.